The van der Waals surface area contributed by atoms with Gasteiger partial charge in [0.2, 0.25) is 0 Å². The number of benzene rings is 1. The van der Waals surface area contributed by atoms with Crippen molar-refractivity contribution in [1.29, 1.82) is 10.5 Å². The first-order chi connectivity index (χ1) is 8.24. The van der Waals surface area contributed by atoms with E-state index in [1.807, 2.05) is 12.1 Å². The summed E-state index contributed by atoms with van der Waals surface area (Å²) in [5, 5.41) is 17.7. The minimum Gasteiger partial charge on any atom is -0.317 e. The van der Waals surface area contributed by atoms with Gasteiger partial charge in [0, 0.05) is 6.54 Å². The molecule has 2 aromatic rings. The number of aromatic nitrogens is 2. The molecule has 0 aliphatic heterocycles. The van der Waals surface area contributed by atoms with Gasteiger partial charge in [-0.2, -0.15) is 10.5 Å². The van der Waals surface area contributed by atoms with Gasteiger partial charge < -0.3 is 4.57 Å². The summed E-state index contributed by atoms with van der Waals surface area (Å²) in [6.45, 7) is 0.387. The summed E-state index contributed by atoms with van der Waals surface area (Å²) in [7, 11) is 0. The lowest BCUT2D eigenvalue weighted by molar-refractivity contribution is 0.626. The van der Waals surface area contributed by atoms with E-state index < -0.39 is 0 Å². The standard InChI is InChI=1S/C12H7FN4/c13-10-3-1-9(2-4-10)7-17-8-16-11(5-14)12(17)6-15/h1-4,8H,7H2. The molecule has 0 spiro atoms. The maximum atomic E-state index is 12.7. The Hall–Kier alpha value is -2.66. The fourth-order valence-electron chi connectivity index (χ4n) is 1.49. The Balaban J connectivity index is 2.31. The number of halogens is 1. The first-order valence-electron chi connectivity index (χ1n) is 4.84. The monoisotopic (exact) mass is 226 g/mol. The summed E-state index contributed by atoms with van der Waals surface area (Å²) in [5.41, 5.74) is 1.16. The maximum absolute atomic E-state index is 12.7. The lowest BCUT2D eigenvalue weighted by atomic mass is 10.2. The summed E-state index contributed by atoms with van der Waals surface area (Å²) in [4.78, 5) is 3.82. The third kappa shape index (κ3) is 2.14. The van der Waals surface area contributed by atoms with Crippen LogP contribution in [0.15, 0.2) is 30.6 Å². The predicted molar refractivity (Wildman–Crippen MR) is 57.2 cm³/mol. The number of hydrogen-bond acceptors (Lipinski definition) is 3. The molecule has 5 heteroatoms. The van der Waals surface area contributed by atoms with Crippen LogP contribution >= 0.6 is 0 Å². The molecule has 0 bridgehead atoms. The van der Waals surface area contributed by atoms with Crippen molar-refractivity contribution in [3.63, 3.8) is 0 Å². The molecule has 0 fully saturated rings. The van der Waals surface area contributed by atoms with Crippen LogP contribution in [0.2, 0.25) is 0 Å². The third-order valence-corrected chi connectivity index (χ3v) is 2.32. The minimum atomic E-state index is -0.308. The van der Waals surface area contributed by atoms with Crippen molar-refractivity contribution in [2.24, 2.45) is 0 Å². The van der Waals surface area contributed by atoms with E-state index in [1.54, 1.807) is 16.7 Å². The highest BCUT2D eigenvalue weighted by Crippen LogP contribution is 2.10. The van der Waals surface area contributed by atoms with Crippen LogP contribution in [0.3, 0.4) is 0 Å². The lowest BCUT2D eigenvalue weighted by Crippen LogP contribution is -2.01. The quantitative estimate of drug-likeness (QED) is 0.784. The molecule has 0 atom stereocenters. The summed E-state index contributed by atoms with van der Waals surface area (Å²) in [5.74, 6) is -0.308. The van der Waals surface area contributed by atoms with E-state index in [-0.39, 0.29) is 17.2 Å². The van der Waals surface area contributed by atoms with Gasteiger partial charge in [-0.05, 0) is 17.7 Å². The molecular formula is C12H7FN4. The Bertz CT molecular complexity index is 613. The van der Waals surface area contributed by atoms with Crippen LogP contribution < -0.4 is 0 Å². The highest BCUT2D eigenvalue weighted by molar-refractivity contribution is 5.36. The fourth-order valence-corrected chi connectivity index (χ4v) is 1.49. The van der Waals surface area contributed by atoms with Gasteiger partial charge >= 0.3 is 0 Å². The van der Waals surface area contributed by atoms with Gasteiger partial charge in [0.1, 0.15) is 18.0 Å². The minimum absolute atomic E-state index is 0.106. The van der Waals surface area contributed by atoms with Crippen LogP contribution in [0.4, 0.5) is 4.39 Å². The van der Waals surface area contributed by atoms with E-state index in [1.165, 1.54) is 18.5 Å². The Morgan fingerprint density at radius 3 is 2.47 bits per heavy atom. The second kappa shape index (κ2) is 4.46. The fraction of sp³-hybridized carbons (Fsp3) is 0.0833. The van der Waals surface area contributed by atoms with E-state index in [0.29, 0.717) is 6.54 Å². The zero-order valence-electron chi connectivity index (χ0n) is 8.76. The largest absolute Gasteiger partial charge is 0.317 e. The lowest BCUT2D eigenvalue weighted by Gasteiger charge is -2.03. The van der Waals surface area contributed by atoms with E-state index in [0.717, 1.165) is 5.56 Å². The van der Waals surface area contributed by atoms with Crippen molar-refractivity contribution in [3.8, 4) is 12.1 Å². The number of nitriles is 2. The van der Waals surface area contributed by atoms with E-state index in [4.69, 9.17) is 10.5 Å². The number of imidazole rings is 1. The first kappa shape index (κ1) is 10.8. The SMILES string of the molecule is N#Cc1ncn(Cc2ccc(F)cc2)c1C#N. The van der Waals surface area contributed by atoms with Crippen LogP contribution in [0.5, 0.6) is 0 Å². The molecule has 0 unspecified atom stereocenters. The molecule has 17 heavy (non-hydrogen) atoms. The average Bonchev–Trinajstić information content (AvgIpc) is 2.74. The van der Waals surface area contributed by atoms with Crippen LogP contribution in [-0.4, -0.2) is 9.55 Å². The van der Waals surface area contributed by atoms with Gasteiger partial charge in [0.05, 0.1) is 6.33 Å². The van der Waals surface area contributed by atoms with Gasteiger partial charge in [0.25, 0.3) is 0 Å². The maximum Gasteiger partial charge on any atom is 0.176 e. The van der Waals surface area contributed by atoms with Crippen molar-refractivity contribution in [2.75, 3.05) is 0 Å². The zero-order valence-corrected chi connectivity index (χ0v) is 8.76. The van der Waals surface area contributed by atoms with E-state index in [2.05, 4.69) is 4.98 Å². The van der Waals surface area contributed by atoms with Crippen molar-refractivity contribution >= 4 is 0 Å². The molecule has 1 aromatic heterocycles. The van der Waals surface area contributed by atoms with Crippen LogP contribution in [0.25, 0.3) is 0 Å². The predicted octanol–water partition coefficient (Wildman–Crippen LogP) is 1.81. The molecule has 1 heterocycles. The molecule has 0 aliphatic carbocycles. The van der Waals surface area contributed by atoms with Gasteiger partial charge in [-0.15, -0.1) is 0 Å². The molecule has 0 radical (unpaired) electrons. The smallest absolute Gasteiger partial charge is 0.176 e. The molecule has 0 saturated heterocycles. The number of hydrogen-bond donors (Lipinski definition) is 0. The highest BCUT2D eigenvalue weighted by atomic mass is 19.1. The summed E-state index contributed by atoms with van der Waals surface area (Å²) < 4.78 is 14.3. The normalized spacial score (nSPS) is 9.59. The summed E-state index contributed by atoms with van der Waals surface area (Å²) >= 11 is 0. The Labute approximate surface area is 97.2 Å². The van der Waals surface area contributed by atoms with E-state index >= 15 is 0 Å². The molecule has 0 aliphatic rings. The van der Waals surface area contributed by atoms with Crippen LogP contribution in [0, 0.1) is 28.5 Å². The van der Waals surface area contributed by atoms with Crippen molar-refractivity contribution < 1.29 is 4.39 Å². The molecule has 0 N–H and O–H groups in total. The Kier molecular flexibility index (Phi) is 2.85. The number of nitrogens with zero attached hydrogens (tertiary/aromatic N) is 4. The highest BCUT2D eigenvalue weighted by Gasteiger charge is 2.09. The third-order valence-electron chi connectivity index (χ3n) is 2.32. The molecule has 4 nitrogen and oxygen atoms in total. The number of rotatable bonds is 2. The molecule has 82 valence electrons. The topological polar surface area (TPSA) is 65.4 Å². The molecule has 2 rings (SSSR count). The molecule has 0 amide bonds. The van der Waals surface area contributed by atoms with Crippen molar-refractivity contribution in [3.05, 3.63) is 53.4 Å². The molecule has 0 saturated carbocycles. The van der Waals surface area contributed by atoms with E-state index in [9.17, 15) is 4.39 Å². The molecular weight excluding hydrogens is 219 g/mol. The van der Waals surface area contributed by atoms with Crippen LogP contribution in [-0.2, 0) is 6.54 Å². The zero-order chi connectivity index (χ0) is 12.3. The van der Waals surface area contributed by atoms with Gasteiger partial charge in [-0.25, -0.2) is 9.37 Å². The Morgan fingerprint density at radius 2 is 1.88 bits per heavy atom. The molecule has 1 aromatic carbocycles. The summed E-state index contributed by atoms with van der Waals surface area (Å²) in [6, 6.07) is 9.73. The second-order valence-electron chi connectivity index (χ2n) is 3.42. The Morgan fingerprint density at radius 1 is 1.18 bits per heavy atom. The van der Waals surface area contributed by atoms with Crippen molar-refractivity contribution in [1.82, 2.24) is 9.55 Å². The summed E-state index contributed by atoms with van der Waals surface area (Å²) in [6.07, 6.45) is 1.43. The van der Waals surface area contributed by atoms with Gasteiger partial charge in [-0.1, -0.05) is 12.1 Å². The van der Waals surface area contributed by atoms with Crippen LogP contribution in [0.1, 0.15) is 17.0 Å². The average molecular weight is 226 g/mol. The van der Waals surface area contributed by atoms with Crippen molar-refractivity contribution in [2.45, 2.75) is 6.54 Å². The second-order valence-corrected chi connectivity index (χ2v) is 3.42. The first-order valence-corrected chi connectivity index (χ1v) is 4.84. The van der Waals surface area contributed by atoms with Gasteiger partial charge in [-0.3, -0.25) is 0 Å². The van der Waals surface area contributed by atoms with Gasteiger partial charge in [0.15, 0.2) is 11.4 Å².